The molecule has 160 valence electrons. The van der Waals surface area contributed by atoms with E-state index in [-0.39, 0.29) is 5.97 Å². The van der Waals surface area contributed by atoms with Crippen LogP contribution in [-0.2, 0) is 16.0 Å². The zero-order valence-corrected chi connectivity index (χ0v) is 18.6. The number of aryl methyl sites for hydroxylation is 1. The standard InChI is InChI=1S/C20H22O.C7H12O2/c1-2-3-6-17-9-11-18(12-10-17)7-4-5-8-19-13-15-20(21)16-14-19;1-5-6(8)9-7(2,3)4/h4-5,7-16,21H,2-3,6H2,1H3;5H,1H2,2-4H3. The number of unbranched alkanes of at least 4 members (excludes halogenated alkanes) is 1. The Hall–Kier alpha value is -3.07. The number of hydrogen-bond donors (Lipinski definition) is 1. The summed E-state index contributed by atoms with van der Waals surface area (Å²) in [6.45, 7) is 10.9. The van der Waals surface area contributed by atoms with Crippen LogP contribution in [0.15, 0.2) is 73.3 Å². The quantitative estimate of drug-likeness (QED) is 0.307. The van der Waals surface area contributed by atoms with Crippen molar-refractivity contribution in [3.63, 3.8) is 0 Å². The molecule has 0 aliphatic rings. The number of rotatable bonds is 7. The number of hydrogen-bond acceptors (Lipinski definition) is 3. The maximum atomic E-state index is 10.5. The number of carbonyl (C=O) groups excluding carboxylic acids is 1. The van der Waals surface area contributed by atoms with Gasteiger partial charge in [0.1, 0.15) is 11.4 Å². The minimum absolute atomic E-state index is 0.297. The lowest BCUT2D eigenvalue weighted by atomic mass is 10.1. The van der Waals surface area contributed by atoms with Gasteiger partial charge in [0, 0.05) is 6.08 Å². The summed E-state index contributed by atoms with van der Waals surface area (Å²) in [6.07, 6.45) is 13.0. The SMILES string of the molecule is C=CC(=O)OC(C)(C)C.CCCCc1ccc(C=CC=Cc2ccc(O)cc2)cc1. The van der Waals surface area contributed by atoms with Crippen molar-refractivity contribution in [2.45, 2.75) is 52.6 Å². The van der Waals surface area contributed by atoms with E-state index in [0.717, 1.165) is 11.6 Å². The molecule has 0 aliphatic heterocycles. The van der Waals surface area contributed by atoms with E-state index < -0.39 is 5.60 Å². The molecule has 0 radical (unpaired) electrons. The molecule has 0 fully saturated rings. The molecule has 0 heterocycles. The van der Waals surface area contributed by atoms with Crippen molar-refractivity contribution >= 4 is 18.1 Å². The van der Waals surface area contributed by atoms with E-state index in [1.807, 2.05) is 51.1 Å². The molecule has 0 spiro atoms. The van der Waals surface area contributed by atoms with Crippen LogP contribution in [0.25, 0.3) is 12.2 Å². The predicted octanol–water partition coefficient (Wildman–Crippen LogP) is 6.98. The smallest absolute Gasteiger partial charge is 0.330 e. The van der Waals surface area contributed by atoms with Gasteiger partial charge in [-0.05, 0) is 62.4 Å². The molecule has 30 heavy (non-hydrogen) atoms. The van der Waals surface area contributed by atoms with Gasteiger partial charge in [-0.15, -0.1) is 0 Å². The summed E-state index contributed by atoms with van der Waals surface area (Å²) < 4.78 is 4.83. The lowest BCUT2D eigenvalue weighted by Crippen LogP contribution is -2.22. The van der Waals surface area contributed by atoms with Gasteiger partial charge in [-0.2, -0.15) is 0 Å². The van der Waals surface area contributed by atoms with Gasteiger partial charge in [-0.25, -0.2) is 4.79 Å². The molecule has 2 rings (SSSR count). The normalized spacial score (nSPS) is 11.2. The minimum Gasteiger partial charge on any atom is -0.508 e. The largest absolute Gasteiger partial charge is 0.508 e. The highest BCUT2D eigenvalue weighted by molar-refractivity contribution is 5.81. The maximum Gasteiger partial charge on any atom is 0.330 e. The van der Waals surface area contributed by atoms with Crippen molar-refractivity contribution in [1.82, 2.24) is 0 Å². The van der Waals surface area contributed by atoms with E-state index in [1.54, 1.807) is 12.1 Å². The molecular weight excluding hydrogens is 372 g/mol. The average Bonchev–Trinajstić information content (AvgIpc) is 2.71. The number of allylic oxidation sites excluding steroid dienone is 2. The topological polar surface area (TPSA) is 46.5 Å². The molecule has 0 atom stereocenters. The van der Waals surface area contributed by atoms with E-state index in [0.29, 0.717) is 5.75 Å². The van der Waals surface area contributed by atoms with Gasteiger partial charge >= 0.3 is 5.97 Å². The third kappa shape index (κ3) is 11.7. The molecule has 0 unspecified atom stereocenters. The number of benzene rings is 2. The highest BCUT2D eigenvalue weighted by Gasteiger charge is 2.12. The van der Waals surface area contributed by atoms with E-state index in [4.69, 9.17) is 4.74 Å². The Morgan fingerprint density at radius 3 is 1.87 bits per heavy atom. The van der Waals surface area contributed by atoms with E-state index in [9.17, 15) is 9.90 Å². The summed E-state index contributed by atoms with van der Waals surface area (Å²) in [5.74, 6) is -0.0756. The van der Waals surface area contributed by atoms with Gasteiger partial charge < -0.3 is 9.84 Å². The lowest BCUT2D eigenvalue weighted by molar-refractivity contribution is -0.148. The fourth-order valence-corrected chi connectivity index (χ4v) is 2.44. The van der Waals surface area contributed by atoms with Crippen molar-refractivity contribution in [3.8, 4) is 5.75 Å². The van der Waals surface area contributed by atoms with Crippen LogP contribution in [0.1, 0.15) is 57.2 Å². The number of phenols is 1. The Balaban J connectivity index is 0.000000424. The summed E-state index contributed by atoms with van der Waals surface area (Å²) in [5, 5.41) is 9.22. The second-order valence-corrected chi connectivity index (χ2v) is 7.89. The highest BCUT2D eigenvalue weighted by Crippen LogP contribution is 2.12. The molecule has 0 aliphatic carbocycles. The van der Waals surface area contributed by atoms with E-state index in [2.05, 4.69) is 43.8 Å². The van der Waals surface area contributed by atoms with Gasteiger partial charge in [0.25, 0.3) is 0 Å². The molecule has 0 aromatic heterocycles. The van der Waals surface area contributed by atoms with Crippen LogP contribution >= 0.6 is 0 Å². The van der Waals surface area contributed by atoms with Gasteiger partial charge in [0.15, 0.2) is 0 Å². The second-order valence-electron chi connectivity index (χ2n) is 7.89. The first kappa shape index (κ1) is 25.0. The molecule has 1 N–H and O–H groups in total. The molecule has 0 saturated carbocycles. The first-order chi connectivity index (χ1) is 14.2. The van der Waals surface area contributed by atoms with Crippen molar-refractivity contribution in [3.05, 3.63) is 90.0 Å². The molecular formula is C27H34O3. The predicted molar refractivity (Wildman–Crippen MR) is 127 cm³/mol. The summed E-state index contributed by atoms with van der Waals surface area (Å²) in [7, 11) is 0. The Labute approximate surface area is 181 Å². The van der Waals surface area contributed by atoms with Crippen LogP contribution in [-0.4, -0.2) is 16.7 Å². The number of esters is 1. The zero-order chi connectivity index (χ0) is 22.4. The second kappa shape index (κ2) is 13.2. The maximum absolute atomic E-state index is 10.5. The fourth-order valence-electron chi connectivity index (χ4n) is 2.44. The van der Waals surface area contributed by atoms with Crippen LogP contribution in [0.3, 0.4) is 0 Å². The third-order valence-electron chi connectivity index (χ3n) is 3.95. The summed E-state index contributed by atoms with van der Waals surface area (Å²) in [4.78, 5) is 10.5. The van der Waals surface area contributed by atoms with Crippen molar-refractivity contribution < 1.29 is 14.6 Å². The molecule has 2 aromatic carbocycles. The summed E-state index contributed by atoms with van der Waals surface area (Å²) in [6, 6.07) is 15.9. The number of ether oxygens (including phenoxy) is 1. The van der Waals surface area contributed by atoms with Crippen molar-refractivity contribution in [1.29, 1.82) is 0 Å². The molecule has 3 nitrogen and oxygen atoms in total. The van der Waals surface area contributed by atoms with Crippen LogP contribution < -0.4 is 0 Å². The average molecular weight is 407 g/mol. The van der Waals surface area contributed by atoms with Gasteiger partial charge in [-0.3, -0.25) is 0 Å². The monoisotopic (exact) mass is 406 g/mol. The molecule has 0 bridgehead atoms. The number of carbonyl (C=O) groups is 1. The Bertz CT molecular complexity index is 820. The summed E-state index contributed by atoms with van der Waals surface area (Å²) in [5.41, 5.74) is 3.30. The van der Waals surface area contributed by atoms with Gasteiger partial charge in [0.05, 0.1) is 0 Å². The first-order valence-electron chi connectivity index (χ1n) is 10.3. The summed E-state index contributed by atoms with van der Waals surface area (Å²) >= 11 is 0. The van der Waals surface area contributed by atoms with Crippen LogP contribution in [0.4, 0.5) is 0 Å². The minimum atomic E-state index is -0.398. The van der Waals surface area contributed by atoms with Gasteiger partial charge in [-0.1, -0.05) is 80.6 Å². The highest BCUT2D eigenvalue weighted by atomic mass is 16.6. The molecule has 3 heteroatoms. The number of aromatic hydroxyl groups is 1. The number of phenolic OH excluding ortho intramolecular Hbond substituents is 1. The van der Waals surface area contributed by atoms with Crippen LogP contribution in [0, 0.1) is 0 Å². The van der Waals surface area contributed by atoms with Crippen molar-refractivity contribution in [2.75, 3.05) is 0 Å². The Morgan fingerprint density at radius 2 is 1.47 bits per heavy atom. The van der Waals surface area contributed by atoms with E-state index in [1.165, 1.54) is 30.4 Å². The van der Waals surface area contributed by atoms with Gasteiger partial charge in [0.2, 0.25) is 0 Å². The Kier molecular flexibility index (Phi) is 11.0. The van der Waals surface area contributed by atoms with E-state index >= 15 is 0 Å². The molecule has 0 amide bonds. The lowest BCUT2D eigenvalue weighted by Gasteiger charge is -2.17. The fraction of sp³-hybridized carbons (Fsp3) is 0.296. The Morgan fingerprint density at radius 1 is 0.967 bits per heavy atom. The first-order valence-corrected chi connectivity index (χ1v) is 10.3. The van der Waals surface area contributed by atoms with Crippen LogP contribution in [0.5, 0.6) is 5.75 Å². The zero-order valence-electron chi connectivity index (χ0n) is 18.6. The van der Waals surface area contributed by atoms with Crippen molar-refractivity contribution in [2.24, 2.45) is 0 Å². The third-order valence-corrected chi connectivity index (χ3v) is 3.95. The molecule has 0 saturated heterocycles. The molecule has 2 aromatic rings. The van der Waals surface area contributed by atoms with Crippen LogP contribution in [0.2, 0.25) is 0 Å².